The maximum atomic E-state index is 13.9. The van der Waals surface area contributed by atoms with Crippen LogP contribution in [0.25, 0.3) is 0 Å². The number of esters is 1. The smallest absolute Gasteiger partial charge is 0.408 e. The van der Waals surface area contributed by atoms with Crippen LogP contribution < -0.4 is 16.0 Å². The van der Waals surface area contributed by atoms with E-state index in [-0.39, 0.29) is 35.7 Å². The first-order chi connectivity index (χ1) is 22.9. The molecule has 1 saturated heterocycles. The summed E-state index contributed by atoms with van der Waals surface area (Å²) in [5.74, 6) is -2.05. The van der Waals surface area contributed by atoms with E-state index < -0.39 is 59.7 Å². The number of carbonyl (C=O) groups excluding carboxylic acids is 5. The van der Waals surface area contributed by atoms with Crippen molar-refractivity contribution < 1.29 is 38.6 Å². The summed E-state index contributed by atoms with van der Waals surface area (Å²) >= 11 is 2.56. The zero-order valence-electron chi connectivity index (χ0n) is 29.7. The van der Waals surface area contributed by atoms with E-state index in [0.717, 1.165) is 0 Å². The van der Waals surface area contributed by atoms with Crippen LogP contribution in [-0.2, 0) is 19.1 Å². The Kier molecular flexibility index (Phi) is 14.1. The highest BCUT2D eigenvalue weighted by Crippen LogP contribution is 2.35. The van der Waals surface area contributed by atoms with Gasteiger partial charge in [-0.05, 0) is 65.7 Å². The lowest BCUT2D eigenvalue weighted by molar-refractivity contribution is -0.139. The number of hydrogen-bond donors (Lipinski definition) is 4. The largest absolute Gasteiger partial charge is 0.461 e. The van der Waals surface area contributed by atoms with E-state index in [4.69, 9.17) is 9.47 Å². The van der Waals surface area contributed by atoms with Gasteiger partial charge in [-0.3, -0.25) is 14.4 Å². The molecular weight excluding hydrogens is 673 g/mol. The third-order valence-electron chi connectivity index (χ3n) is 7.56. The molecule has 272 valence electrons. The Morgan fingerprint density at radius 1 is 0.980 bits per heavy atom. The summed E-state index contributed by atoms with van der Waals surface area (Å²) in [5, 5.41) is 22.9. The molecule has 2 aromatic rings. The van der Waals surface area contributed by atoms with Gasteiger partial charge in [-0.25, -0.2) is 19.6 Å². The second kappa shape index (κ2) is 17.3. The third kappa shape index (κ3) is 11.2. The number of hydrogen-bond acceptors (Lipinski definition) is 12. The van der Waals surface area contributed by atoms with Gasteiger partial charge in [0.2, 0.25) is 11.8 Å². The first-order valence-corrected chi connectivity index (χ1v) is 18.3. The monoisotopic (exact) mass is 722 g/mol. The number of rotatable bonds is 14. The van der Waals surface area contributed by atoms with Crippen LogP contribution in [0.4, 0.5) is 4.79 Å². The normalized spacial score (nSPS) is 17.3. The van der Waals surface area contributed by atoms with E-state index in [1.807, 2.05) is 13.8 Å². The number of aliphatic hydroxyl groups is 1. The standard InChI is InChI=1S/C33H50N6O8S2/c1-10-46-31(44)22-16-48-28(36-22)20(14-17(2)3)34-26(41)21-15-49-29(35-21)23-12-11-13-39(23)30(43)24(18(4)5)37-27(42)25(19(6)40)38-32(45)47-33(7,8)9/h15-20,23-25,40H,10-14H2,1-9H3,(H,34,41)(H,37,42)(H,38,45)/t19-,20-,23+,24+,25+/m1/s1. The summed E-state index contributed by atoms with van der Waals surface area (Å²) in [5.41, 5.74) is -0.409. The van der Waals surface area contributed by atoms with Crippen molar-refractivity contribution in [3.05, 3.63) is 32.2 Å². The highest BCUT2D eigenvalue weighted by Gasteiger charge is 2.39. The molecule has 0 radical (unpaired) electrons. The number of alkyl carbamates (subject to hydrolysis) is 1. The number of aliphatic hydroxyl groups excluding tert-OH is 1. The number of carbonyl (C=O) groups is 5. The maximum Gasteiger partial charge on any atom is 0.408 e. The Bertz CT molecular complexity index is 1470. The van der Waals surface area contributed by atoms with Crippen LogP contribution in [-0.4, -0.2) is 86.7 Å². The molecule has 3 heterocycles. The van der Waals surface area contributed by atoms with Gasteiger partial charge in [0.25, 0.3) is 5.91 Å². The Morgan fingerprint density at radius 2 is 1.65 bits per heavy atom. The van der Waals surface area contributed by atoms with E-state index in [1.165, 1.54) is 29.6 Å². The quantitative estimate of drug-likeness (QED) is 0.204. The van der Waals surface area contributed by atoms with E-state index in [1.54, 1.807) is 57.2 Å². The van der Waals surface area contributed by atoms with Gasteiger partial charge in [0, 0.05) is 17.3 Å². The lowest BCUT2D eigenvalue weighted by Gasteiger charge is -2.32. The molecule has 1 aliphatic heterocycles. The van der Waals surface area contributed by atoms with E-state index in [2.05, 4.69) is 25.9 Å². The molecule has 0 spiro atoms. The average Bonchev–Trinajstić information content (AvgIpc) is 3.77. The fourth-order valence-electron chi connectivity index (χ4n) is 5.28. The lowest BCUT2D eigenvalue weighted by Crippen LogP contribution is -2.59. The van der Waals surface area contributed by atoms with Crippen molar-refractivity contribution in [2.75, 3.05) is 13.2 Å². The van der Waals surface area contributed by atoms with Crippen molar-refractivity contribution in [2.24, 2.45) is 11.8 Å². The molecule has 0 saturated carbocycles. The molecule has 2 aromatic heterocycles. The van der Waals surface area contributed by atoms with Crippen LogP contribution >= 0.6 is 22.7 Å². The zero-order chi connectivity index (χ0) is 36.6. The van der Waals surface area contributed by atoms with Crippen molar-refractivity contribution in [3.8, 4) is 0 Å². The third-order valence-corrected chi connectivity index (χ3v) is 9.46. The van der Waals surface area contributed by atoms with Gasteiger partial charge in [0.05, 0.1) is 24.8 Å². The SMILES string of the molecule is CCOC(=O)c1csc([C@@H](CC(C)C)NC(=O)c2csc([C@@H]3CCCN3C(=O)[C@@H](NC(=O)[C@@H](NC(=O)OC(C)(C)C)[C@@H](C)O)C(C)C)n2)n1. The number of nitrogens with zero attached hydrogens (tertiary/aromatic N) is 3. The number of thiazole rings is 2. The first-order valence-electron chi connectivity index (χ1n) is 16.6. The van der Waals surface area contributed by atoms with Crippen molar-refractivity contribution >= 4 is 52.5 Å². The molecule has 16 heteroatoms. The van der Waals surface area contributed by atoms with Crippen LogP contribution in [0.1, 0.15) is 125 Å². The van der Waals surface area contributed by atoms with Gasteiger partial charge in [0.15, 0.2) is 5.69 Å². The predicted molar refractivity (Wildman–Crippen MR) is 185 cm³/mol. The summed E-state index contributed by atoms with van der Waals surface area (Å²) in [7, 11) is 0. The van der Waals surface area contributed by atoms with Crippen molar-refractivity contribution in [1.29, 1.82) is 0 Å². The second-order valence-electron chi connectivity index (χ2n) is 13.8. The molecule has 14 nitrogen and oxygen atoms in total. The molecule has 49 heavy (non-hydrogen) atoms. The van der Waals surface area contributed by atoms with Crippen LogP contribution in [0, 0.1) is 11.8 Å². The molecule has 4 amide bonds. The molecule has 1 fully saturated rings. The number of ether oxygens (including phenoxy) is 2. The van der Waals surface area contributed by atoms with Gasteiger partial charge in [-0.2, -0.15) is 0 Å². The molecule has 5 atom stereocenters. The maximum absolute atomic E-state index is 13.9. The van der Waals surface area contributed by atoms with Crippen molar-refractivity contribution in [2.45, 2.75) is 117 Å². The Labute approximate surface area is 295 Å². The molecule has 0 unspecified atom stereocenters. The average molecular weight is 723 g/mol. The molecule has 0 bridgehead atoms. The summed E-state index contributed by atoms with van der Waals surface area (Å²) in [6, 6.07) is -3.14. The number of likely N-dealkylation sites (tertiary alicyclic amines) is 1. The minimum atomic E-state index is -1.35. The van der Waals surface area contributed by atoms with Gasteiger partial charge in [-0.1, -0.05) is 27.7 Å². The topological polar surface area (TPSA) is 189 Å². The van der Waals surface area contributed by atoms with Gasteiger partial charge in [-0.15, -0.1) is 22.7 Å². The molecule has 4 N–H and O–H groups in total. The first kappa shape index (κ1) is 39.8. The van der Waals surface area contributed by atoms with Crippen LogP contribution in [0.5, 0.6) is 0 Å². The minimum Gasteiger partial charge on any atom is -0.461 e. The van der Waals surface area contributed by atoms with Crippen LogP contribution in [0.15, 0.2) is 10.8 Å². The van der Waals surface area contributed by atoms with Crippen LogP contribution in [0.3, 0.4) is 0 Å². The van der Waals surface area contributed by atoms with Crippen molar-refractivity contribution in [1.82, 2.24) is 30.8 Å². The Balaban J connectivity index is 1.74. The predicted octanol–water partition coefficient (Wildman–Crippen LogP) is 4.37. The van der Waals surface area contributed by atoms with E-state index >= 15 is 0 Å². The second-order valence-corrected chi connectivity index (χ2v) is 15.6. The molecule has 0 aliphatic carbocycles. The molecule has 1 aliphatic rings. The Morgan fingerprint density at radius 3 is 2.24 bits per heavy atom. The summed E-state index contributed by atoms with van der Waals surface area (Å²) in [6.45, 7) is 16.4. The molecule has 3 rings (SSSR count). The number of amides is 4. The fourth-order valence-corrected chi connectivity index (χ4v) is 7.08. The van der Waals surface area contributed by atoms with E-state index in [9.17, 15) is 29.1 Å². The van der Waals surface area contributed by atoms with Gasteiger partial charge >= 0.3 is 12.1 Å². The van der Waals surface area contributed by atoms with Gasteiger partial charge in [0.1, 0.15) is 33.4 Å². The lowest BCUT2D eigenvalue weighted by atomic mass is 10.0. The molecule has 0 aromatic carbocycles. The fraction of sp³-hybridized carbons (Fsp3) is 0.667. The van der Waals surface area contributed by atoms with E-state index in [0.29, 0.717) is 35.8 Å². The minimum absolute atomic E-state index is 0.198. The van der Waals surface area contributed by atoms with Gasteiger partial charge < -0.3 is 35.4 Å². The number of aromatic nitrogens is 2. The van der Waals surface area contributed by atoms with Crippen LogP contribution in [0.2, 0.25) is 0 Å². The summed E-state index contributed by atoms with van der Waals surface area (Å²) < 4.78 is 10.3. The number of nitrogens with one attached hydrogen (secondary N) is 3. The summed E-state index contributed by atoms with van der Waals surface area (Å²) in [6.07, 6.45) is -0.204. The van der Waals surface area contributed by atoms with Crippen molar-refractivity contribution in [3.63, 3.8) is 0 Å². The highest BCUT2D eigenvalue weighted by atomic mass is 32.1. The molecular formula is C33H50N6O8S2. The zero-order valence-corrected chi connectivity index (χ0v) is 31.3. The Hall–Kier alpha value is -3.63. The highest BCUT2D eigenvalue weighted by molar-refractivity contribution is 7.10. The summed E-state index contributed by atoms with van der Waals surface area (Å²) in [4.78, 5) is 75.9.